The highest BCUT2D eigenvalue weighted by molar-refractivity contribution is 5.75. The lowest BCUT2D eigenvalue weighted by Gasteiger charge is -2.14. The van der Waals surface area contributed by atoms with Gasteiger partial charge in [0.2, 0.25) is 5.91 Å². The lowest BCUT2D eigenvalue weighted by atomic mass is 10.1. The highest BCUT2D eigenvalue weighted by Crippen LogP contribution is 2.06. The highest BCUT2D eigenvalue weighted by atomic mass is 16.1. The van der Waals surface area contributed by atoms with Crippen molar-refractivity contribution >= 4 is 5.91 Å². The molecule has 0 aliphatic rings. The SMILES string of the molecule is CN(CC(N)=O)Cc1cccc(C#N)c1. The second-order valence-corrected chi connectivity index (χ2v) is 3.45. The Morgan fingerprint density at radius 1 is 1.60 bits per heavy atom. The van der Waals surface area contributed by atoms with Gasteiger partial charge in [0, 0.05) is 6.54 Å². The maximum absolute atomic E-state index is 10.7. The fourth-order valence-electron chi connectivity index (χ4n) is 1.37. The van der Waals surface area contributed by atoms with Crippen LogP contribution in [0.1, 0.15) is 11.1 Å². The standard InChI is InChI=1S/C11H13N3O/c1-14(8-11(13)15)7-10-4-2-3-9(5-10)6-12/h2-5H,7-8H2,1H3,(H2,13,15). The smallest absolute Gasteiger partial charge is 0.231 e. The highest BCUT2D eigenvalue weighted by Gasteiger charge is 2.03. The molecule has 1 amide bonds. The molecule has 4 heteroatoms. The zero-order chi connectivity index (χ0) is 11.3. The molecule has 0 bridgehead atoms. The van der Waals surface area contributed by atoms with Gasteiger partial charge in [-0.15, -0.1) is 0 Å². The van der Waals surface area contributed by atoms with Gasteiger partial charge in [-0.1, -0.05) is 12.1 Å². The quantitative estimate of drug-likeness (QED) is 0.773. The van der Waals surface area contributed by atoms with Gasteiger partial charge in [0.15, 0.2) is 0 Å². The van der Waals surface area contributed by atoms with Gasteiger partial charge in [-0.25, -0.2) is 0 Å². The molecule has 0 saturated heterocycles. The number of nitrogens with two attached hydrogens (primary N) is 1. The van der Waals surface area contributed by atoms with Crippen molar-refractivity contribution in [3.63, 3.8) is 0 Å². The van der Waals surface area contributed by atoms with E-state index < -0.39 is 0 Å². The number of amides is 1. The molecule has 1 aromatic carbocycles. The van der Waals surface area contributed by atoms with E-state index in [0.717, 1.165) is 5.56 Å². The van der Waals surface area contributed by atoms with E-state index in [-0.39, 0.29) is 12.5 Å². The number of nitriles is 1. The van der Waals surface area contributed by atoms with Crippen molar-refractivity contribution in [1.29, 1.82) is 5.26 Å². The summed E-state index contributed by atoms with van der Waals surface area (Å²) in [6.45, 7) is 0.829. The Morgan fingerprint density at radius 3 is 2.93 bits per heavy atom. The summed E-state index contributed by atoms with van der Waals surface area (Å²) in [5, 5.41) is 8.70. The fraction of sp³-hybridized carbons (Fsp3) is 0.273. The summed E-state index contributed by atoms with van der Waals surface area (Å²) < 4.78 is 0. The minimum Gasteiger partial charge on any atom is -0.369 e. The van der Waals surface area contributed by atoms with E-state index in [1.165, 1.54) is 0 Å². The average molecular weight is 203 g/mol. The first-order valence-electron chi connectivity index (χ1n) is 4.57. The average Bonchev–Trinajstić information content (AvgIpc) is 2.16. The van der Waals surface area contributed by atoms with Crippen LogP contribution in [0.3, 0.4) is 0 Å². The van der Waals surface area contributed by atoms with Crippen molar-refractivity contribution < 1.29 is 4.79 Å². The van der Waals surface area contributed by atoms with Gasteiger partial charge in [-0.3, -0.25) is 9.69 Å². The Hall–Kier alpha value is -1.86. The largest absolute Gasteiger partial charge is 0.369 e. The number of primary amides is 1. The third-order valence-corrected chi connectivity index (χ3v) is 1.93. The van der Waals surface area contributed by atoms with Crippen molar-refractivity contribution in [2.24, 2.45) is 5.73 Å². The van der Waals surface area contributed by atoms with E-state index in [4.69, 9.17) is 11.0 Å². The van der Waals surface area contributed by atoms with Crippen LogP contribution in [0.15, 0.2) is 24.3 Å². The Morgan fingerprint density at radius 2 is 2.33 bits per heavy atom. The molecule has 0 unspecified atom stereocenters. The molecule has 0 spiro atoms. The zero-order valence-corrected chi connectivity index (χ0v) is 8.60. The summed E-state index contributed by atoms with van der Waals surface area (Å²) in [4.78, 5) is 12.5. The minimum absolute atomic E-state index is 0.219. The first-order valence-corrected chi connectivity index (χ1v) is 4.57. The van der Waals surface area contributed by atoms with Gasteiger partial charge in [0.05, 0.1) is 18.2 Å². The molecule has 0 aliphatic heterocycles. The summed E-state index contributed by atoms with van der Waals surface area (Å²) >= 11 is 0. The van der Waals surface area contributed by atoms with Gasteiger partial charge in [0.1, 0.15) is 0 Å². The molecule has 0 aromatic heterocycles. The van der Waals surface area contributed by atoms with E-state index in [2.05, 4.69) is 6.07 Å². The molecule has 1 aromatic rings. The van der Waals surface area contributed by atoms with E-state index in [1.54, 1.807) is 17.0 Å². The number of hydrogen-bond acceptors (Lipinski definition) is 3. The predicted octanol–water partition coefficient (Wildman–Crippen LogP) is 0.475. The lowest BCUT2D eigenvalue weighted by molar-refractivity contribution is -0.118. The van der Waals surface area contributed by atoms with Crippen LogP contribution in [0.5, 0.6) is 0 Å². The van der Waals surface area contributed by atoms with Crippen molar-refractivity contribution in [1.82, 2.24) is 4.90 Å². The molecule has 0 heterocycles. The van der Waals surface area contributed by atoms with Crippen molar-refractivity contribution in [3.05, 3.63) is 35.4 Å². The molecular formula is C11H13N3O. The molecule has 15 heavy (non-hydrogen) atoms. The van der Waals surface area contributed by atoms with Crippen LogP contribution in [0.2, 0.25) is 0 Å². The molecule has 0 saturated carbocycles. The molecule has 78 valence electrons. The number of rotatable bonds is 4. The molecule has 0 fully saturated rings. The van der Waals surface area contributed by atoms with Crippen LogP contribution in [-0.4, -0.2) is 24.4 Å². The first-order chi connectivity index (χ1) is 7.11. The fourth-order valence-corrected chi connectivity index (χ4v) is 1.37. The normalized spacial score (nSPS) is 9.93. The van der Waals surface area contributed by atoms with E-state index in [1.807, 2.05) is 19.2 Å². The van der Waals surface area contributed by atoms with Crippen LogP contribution in [0.25, 0.3) is 0 Å². The van der Waals surface area contributed by atoms with Crippen molar-refractivity contribution in [2.45, 2.75) is 6.54 Å². The van der Waals surface area contributed by atoms with E-state index in [0.29, 0.717) is 12.1 Å². The van der Waals surface area contributed by atoms with Gasteiger partial charge in [-0.05, 0) is 24.7 Å². The number of nitrogens with zero attached hydrogens (tertiary/aromatic N) is 2. The van der Waals surface area contributed by atoms with Crippen LogP contribution in [-0.2, 0) is 11.3 Å². The van der Waals surface area contributed by atoms with Gasteiger partial charge in [0.25, 0.3) is 0 Å². The number of benzene rings is 1. The molecule has 1 rings (SSSR count). The Bertz CT molecular complexity index is 395. The van der Waals surface area contributed by atoms with E-state index in [9.17, 15) is 4.79 Å². The maximum atomic E-state index is 10.7. The third-order valence-electron chi connectivity index (χ3n) is 1.93. The third kappa shape index (κ3) is 3.79. The number of carbonyl (C=O) groups excluding carboxylic acids is 1. The molecule has 2 N–H and O–H groups in total. The van der Waals surface area contributed by atoms with Crippen LogP contribution < -0.4 is 5.73 Å². The molecule has 4 nitrogen and oxygen atoms in total. The van der Waals surface area contributed by atoms with Gasteiger partial charge in [-0.2, -0.15) is 5.26 Å². The topological polar surface area (TPSA) is 70.1 Å². The minimum atomic E-state index is -0.353. The summed E-state index contributed by atoms with van der Waals surface area (Å²) in [5.41, 5.74) is 6.69. The molecule has 0 radical (unpaired) electrons. The van der Waals surface area contributed by atoms with Crippen LogP contribution in [0.4, 0.5) is 0 Å². The second-order valence-electron chi connectivity index (χ2n) is 3.45. The van der Waals surface area contributed by atoms with Crippen molar-refractivity contribution in [3.8, 4) is 6.07 Å². The van der Waals surface area contributed by atoms with Crippen LogP contribution >= 0.6 is 0 Å². The van der Waals surface area contributed by atoms with Gasteiger partial charge >= 0.3 is 0 Å². The zero-order valence-electron chi connectivity index (χ0n) is 8.60. The van der Waals surface area contributed by atoms with Crippen molar-refractivity contribution in [2.75, 3.05) is 13.6 Å². The number of carbonyl (C=O) groups is 1. The van der Waals surface area contributed by atoms with E-state index >= 15 is 0 Å². The molecular weight excluding hydrogens is 190 g/mol. The first kappa shape index (κ1) is 11.2. The summed E-state index contributed by atoms with van der Waals surface area (Å²) in [6, 6.07) is 9.36. The summed E-state index contributed by atoms with van der Waals surface area (Å²) in [7, 11) is 1.81. The molecule has 0 aliphatic carbocycles. The summed E-state index contributed by atoms with van der Waals surface area (Å²) in [5.74, 6) is -0.353. The van der Waals surface area contributed by atoms with Crippen LogP contribution in [0, 0.1) is 11.3 Å². The summed E-state index contributed by atoms with van der Waals surface area (Å²) in [6.07, 6.45) is 0. The second kappa shape index (κ2) is 5.13. The Balaban J connectivity index is 2.64. The monoisotopic (exact) mass is 203 g/mol. The Kier molecular flexibility index (Phi) is 3.83. The maximum Gasteiger partial charge on any atom is 0.231 e. The van der Waals surface area contributed by atoms with Gasteiger partial charge < -0.3 is 5.73 Å². The predicted molar refractivity (Wildman–Crippen MR) is 56.7 cm³/mol. The lowest BCUT2D eigenvalue weighted by Crippen LogP contribution is -2.30. The number of likely N-dealkylation sites (N-methyl/N-ethyl adjacent to an activating group) is 1. The molecule has 0 atom stereocenters. The number of hydrogen-bond donors (Lipinski definition) is 1. The Labute approximate surface area is 88.9 Å².